The number of carboxylic acids is 1. The summed E-state index contributed by atoms with van der Waals surface area (Å²) >= 11 is 0. The molecule has 2 rings (SSSR count). The normalized spacial score (nSPS) is 21.7. The summed E-state index contributed by atoms with van der Waals surface area (Å²) in [6.07, 6.45) is 0.553. The smallest absolute Gasteiger partial charge is 0.354 e. The summed E-state index contributed by atoms with van der Waals surface area (Å²) in [5, 5.41) is 8.86. The topological polar surface area (TPSA) is 87.6 Å². The number of hydrogen-bond acceptors (Lipinski definition) is 5. The number of carbonyl (C=O) groups is 1. The first kappa shape index (κ1) is 12.8. The molecule has 1 aromatic heterocycles. The summed E-state index contributed by atoms with van der Waals surface area (Å²) < 4.78 is 22.8. The molecular weight excluding hydrogens is 256 g/mol. The van der Waals surface area contributed by atoms with Crippen molar-refractivity contribution in [2.45, 2.75) is 12.5 Å². The van der Waals surface area contributed by atoms with Gasteiger partial charge in [0.15, 0.2) is 15.5 Å². The van der Waals surface area contributed by atoms with E-state index in [9.17, 15) is 13.2 Å². The SMILES string of the molecule is CN(c1cccc(C(=O)O)n1)C1CCS(=O)(=O)C1. The van der Waals surface area contributed by atoms with Crippen LogP contribution in [0.5, 0.6) is 0 Å². The Hall–Kier alpha value is -1.63. The summed E-state index contributed by atoms with van der Waals surface area (Å²) in [7, 11) is -1.23. The van der Waals surface area contributed by atoms with Crippen molar-refractivity contribution in [3.05, 3.63) is 23.9 Å². The van der Waals surface area contributed by atoms with Gasteiger partial charge in [-0.25, -0.2) is 18.2 Å². The molecule has 0 saturated carbocycles. The predicted octanol–water partition coefficient (Wildman–Crippen LogP) is 0.403. The highest BCUT2D eigenvalue weighted by molar-refractivity contribution is 7.91. The Kier molecular flexibility index (Phi) is 3.25. The average Bonchev–Trinajstić information content (AvgIpc) is 2.69. The summed E-state index contributed by atoms with van der Waals surface area (Å²) in [6, 6.07) is 4.56. The lowest BCUT2D eigenvalue weighted by Gasteiger charge is -2.24. The van der Waals surface area contributed by atoms with E-state index in [1.54, 1.807) is 24.1 Å². The van der Waals surface area contributed by atoms with Gasteiger partial charge in [-0.3, -0.25) is 0 Å². The van der Waals surface area contributed by atoms with Crippen LogP contribution in [0.4, 0.5) is 5.82 Å². The van der Waals surface area contributed by atoms with Crippen LogP contribution < -0.4 is 4.90 Å². The molecule has 1 atom stereocenters. The second kappa shape index (κ2) is 4.56. The third-order valence-electron chi connectivity index (χ3n) is 3.07. The standard InChI is InChI=1S/C11H14N2O4S/c1-13(8-5-6-18(16,17)7-8)10-4-2-3-9(12-10)11(14)15/h2-4,8H,5-7H2,1H3,(H,14,15). The molecule has 0 amide bonds. The molecule has 6 nitrogen and oxygen atoms in total. The molecule has 0 radical (unpaired) electrons. The predicted molar refractivity (Wildman–Crippen MR) is 66.7 cm³/mol. The third kappa shape index (κ3) is 2.61. The Morgan fingerprint density at radius 1 is 1.50 bits per heavy atom. The molecule has 1 aliphatic heterocycles. The number of anilines is 1. The molecule has 1 aromatic rings. The van der Waals surface area contributed by atoms with Crippen LogP contribution in [0, 0.1) is 0 Å². The first-order valence-corrected chi connectivity index (χ1v) is 7.35. The van der Waals surface area contributed by atoms with E-state index in [0.29, 0.717) is 12.2 Å². The van der Waals surface area contributed by atoms with Crippen LogP contribution in [0.15, 0.2) is 18.2 Å². The van der Waals surface area contributed by atoms with Gasteiger partial charge in [-0.15, -0.1) is 0 Å². The molecule has 0 bridgehead atoms. The van der Waals surface area contributed by atoms with E-state index >= 15 is 0 Å². The third-order valence-corrected chi connectivity index (χ3v) is 4.82. The number of nitrogens with zero attached hydrogens (tertiary/aromatic N) is 2. The van der Waals surface area contributed by atoms with Crippen LogP contribution in [0.1, 0.15) is 16.9 Å². The zero-order chi connectivity index (χ0) is 13.3. The van der Waals surface area contributed by atoms with E-state index in [1.807, 2.05) is 0 Å². The van der Waals surface area contributed by atoms with Crippen LogP contribution >= 0.6 is 0 Å². The van der Waals surface area contributed by atoms with E-state index in [4.69, 9.17) is 5.11 Å². The van der Waals surface area contributed by atoms with Gasteiger partial charge in [0.1, 0.15) is 5.82 Å². The van der Waals surface area contributed by atoms with Crippen molar-refractivity contribution in [3.8, 4) is 0 Å². The molecule has 98 valence electrons. The molecule has 0 aliphatic carbocycles. The minimum absolute atomic E-state index is 0.0415. The number of aromatic carboxylic acids is 1. The summed E-state index contributed by atoms with van der Waals surface area (Å²) in [5.41, 5.74) is -0.0415. The lowest BCUT2D eigenvalue weighted by Crippen LogP contribution is -2.33. The number of sulfone groups is 1. The monoisotopic (exact) mass is 270 g/mol. The maximum Gasteiger partial charge on any atom is 0.354 e. The first-order valence-electron chi connectivity index (χ1n) is 5.53. The van der Waals surface area contributed by atoms with Crippen molar-refractivity contribution in [3.63, 3.8) is 0 Å². The number of aromatic nitrogens is 1. The zero-order valence-corrected chi connectivity index (χ0v) is 10.7. The summed E-state index contributed by atoms with van der Waals surface area (Å²) in [5.74, 6) is -0.329. The molecule has 0 spiro atoms. The van der Waals surface area contributed by atoms with Crippen molar-refractivity contribution in [1.29, 1.82) is 0 Å². The van der Waals surface area contributed by atoms with Crippen molar-refractivity contribution >= 4 is 21.6 Å². The van der Waals surface area contributed by atoms with Gasteiger partial charge >= 0.3 is 5.97 Å². The Bertz CT molecular complexity index is 570. The molecule has 1 aliphatic rings. The number of pyridine rings is 1. The minimum atomic E-state index is -2.96. The highest BCUT2D eigenvalue weighted by atomic mass is 32.2. The Labute approximate surface area is 105 Å². The van der Waals surface area contributed by atoms with Gasteiger partial charge in [-0.05, 0) is 18.6 Å². The van der Waals surface area contributed by atoms with Gasteiger partial charge < -0.3 is 10.0 Å². The van der Waals surface area contributed by atoms with Crippen LogP contribution in [0.2, 0.25) is 0 Å². The van der Waals surface area contributed by atoms with Crippen LogP contribution in [0.3, 0.4) is 0 Å². The van der Waals surface area contributed by atoms with Crippen molar-refractivity contribution in [1.82, 2.24) is 4.98 Å². The quantitative estimate of drug-likeness (QED) is 0.855. The number of rotatable bonds is 3. The second-order valence-electron chi connectivity index (χ2n) is 4.35. The van der Waals surface area contributed by atoms with Crippen molar-refractivity contribution < 1.29 is 18.3 Å². The van der Waals surface area contributed by atoms with Crippen molar-refractivity contribution in [2.24, 2.45) is 0 Å². The highest BCUT2D eigenvalue weighted by Crippen LogP contribution is 2.21. The van der Waals surface area contributed by atoms with Crippen molar-refractivity contribution in [2.75, 3.05) is 23.5 Å². The molecular formula is C11H14N2O4S. The van der Waals surface area contributed by atoms with Crippen LogP contribution in [-0.2, 0) is 9.84 Å². The Morgan fingerprint density at radius 2 is 2.22 bits per heavy atom. The van der Waals surface area contributed by atoms with Gasteiger partial charge in [0, 0.05) is 13.1 Å². The van der Waals surface area contributed by atoms with Gasteiger partial charge in [-0.2, -0.15) is 0 Å². The Balaban J connectivity index is 2.21. The molecule has 18 heavy (non-hydrogen) atoms. The molecule has 7 heteroatoms. The van der Waals surface area contributed by atoms with Gasteiger partial charge in [-0.1, -0.05) is 6.07 Å². The molecule has 1 saturated heterocycles. The summed E-state index contributed by atoms with van der Waals surface area (Å²) in [6.45, 7) is 0. The van der Waals surface area contributed by atoms with Gasteiger partial charge in [0.05, 0.1) is 11.5 Å². The minimum Gasteiger partial charge on any atom is -0.477 e. The number of hydrogen-bond donors (Lipinski definition) is 1. The average molecular weight is 270 g/mol. The maximum absolute atomic E-state index is 11.4. The van der Waals surface area contributed by atoms with E-state index in [1.165, 1.54) is 6.07 Å². The number of carboxylic acid groups (broad SMARTS) is 1. The summed E-state index contributed by atoms with van der Waals surface area (Å²) in [4.78, 5) is 16.6. The molecule has 2 heterocycles. The zero-order valence-electron chi connectivity index (χ0n) is 9.91. The van der Waals surface area contributed by atoms with Crippen LogP contribution in [0.25, 0.3) is 0 Å². The van der Waals surface area contributed by atoms with E-state index < -0.39 is 15.8 Å². The fourth-order valence-corrected chi connectivity index (χ4v) is 3.78. The van der Waals surface area contributed by atoms with Gasteiger partial charge in [0.25, 0.3) is 0 Å². The van der Waals surface area contributed by atoms with Gasteiger partial charge in [0.2, 0.25) is 0 Å². The lowest BCUT2D eigenvalue weighted by atomic mass is 10.2. The fourth-order valence-electron chi connectivity index (χ4n) is 2.01. The first-order chi connectivity index (χ1) is 8.39. The van der Waals surface area contributed by atoms with E-state index in [-0.39, 0.29) is 23.2 Å². The molecule has 0 aromatic carbocycles. The second-order valence-corrected chi connectivity index (χ2v) is 6.58. The highest BCUT2D eigenvalue weighted by Gasteiger charge is 2.31. The molecule has 1 N–H and O–H groups in total. The van der Waals surface area contributed by atoms with Crippen LogP contribution in [-0.4, -0.2) is 49.1 Å². The Morgan fingerprint density at radius 3 is 2.78 bits per heavy atom. The fraction of sp³-hybridized carbons (Fsp3) is 0.455. The largest absolute Gasteiger partial charge is 0.477 e. The maximum atomic E-state index is 11.4. The molecule has 1 unspecified atom stereocenters. The lowest BCUT2D eigenvalue weighted by molar-refractivity contribution is 0.0690. The molecule has 1 fully saturated rings. The van der Waals surface area contributed by atoms with E-state index in [2.05, 4.69) is 4.98 Å². The van der Waals surface area contributed by atoms with E-state index in [0.717, 1.165) is 0 Å².